The molecule has 0 bridgehead atoms. The Bertz CT molecular complexity index is 223. The van der Waals surface area contributed by atoms with Crippen molar-refractivity contribution in [2.24, 2.45) is 5.92 Å². The summed E-state index contributed by atoms with van der Waals surface area (Å²) in [6.45, 7) is 2.93. The number of nitrogens with zero attached hydrogens (tertiary/aromatic N) is 2. The third kappa shape index (κ3) is 3.22. The average molecular weight is 202 g/mol. The van der Waals surface area contributed by atoms with Crippen LogP contribution in [-0.4, -0.2) is 30.5 Å². The lowest BCUT2D eigenvalue weighted by Crippen LogP contribution is -2.44. The van der Waals surface area contributed by atoms with E-state index in [4.69, 9.17) is 5.26 Å². The Kier molecular flexibility index (Phi) is 3.82. The van der Waals surface area contributed by atoms with E-state index in [1.807, 2.05) is 6.92 Å². The standard InChI is InChI=1S/C10H16F2N2/c1-2-9(6-13)7-14-5-3-4-10(11,12)8-14/h9H,2-5,7-8H2,1H3. The van der Waals surface area contributed by atoms with Gasteiger partial charge in [0.2, 0.25) is 0 Å². The molecule has 0 saturated carbocycles. The van der Waals surface area contributed by atoms with Crippen LogP contribution in [0.4, 0.5) is 8.78 Å². The van der Waals surface area contributed by atoms with Crippen molar-refractivity contribution < 1.29 is 8.78 Å². The molecule has 1 aliphatic rings. The lowest BCUT2D eigenvalue weighted by molar-refractivity contribution is -0.0657. The summed E-state index contributed by atoms with van der Waals surface area (Å²) in [7, 11) is 0. The number of halogens is 2. The van der Waals surface area contributed by atoms with E-state index in [0.29, 0.717) is 19.5 Å². The average Bonchev–Trinajstić information content (AvgIpc) is 2.12. The number of alkyl halides is 2. The zero-order valence-corrected chi connectivity index (χ0v) is 8.47. The molecule has 1 rings (SSSR count). The van der Waals surface area contributed by atoms with Crippen LogP contribution < -0.4 is 0 Å². The number of hydrogen-bond acceptors (Lipinski definition) is 2. The van der Waals surface area contributed by atoms with E-state index in [1.54, 1.807) is 4.90 Å². The van der Waals surface area contributed by atoms with Crippen molar-refractivity contribution in [2.45, 2.75) is 32.1 Å². The summed E-state index contributed by atoms with van der Waals surface area (Å²) in [5, 5.41) is 8.72. The highest BCUT2D eigenvalue weighted by Gasteiger charge is 2.35. The van der Waals surface area contributed by atoms with Crippen molar-refractivity contribution in [3.63, 3.8) is 0 Å². The Labute approximate surface area is 83.5 Å². The highest BCUT2D eigenvalue weighted by molar-refractivity contribution is 4.87. The molecule has 0 N–H and O–H groups in total. The van der Waals surface area contributed by atoms with Crippen LogP contribution in [0.25, 0.3) is 0 Å². The molecule has 2 nitrogen and oxygen atoms in total. The lowest BCUT2D eigenvalue weighted by atomic mass is 10.0. The molecule has 0 aromatic carbocycles. The zero-order valence-electron chi connectivity index (χ0n) is 8.47. The molecule has 14 heavy (non-hydrogen) atoms. The van der Waals surface area contributed by atoms with E-state index in [9.17, 15) is 8.78 Å². The second-order valence-corrected chi connectivity index (χ2v) is 3.93. The maximum atomic E-state index is 13.0. The fourth-order valence-electron chi connectivity index (χ4n) is 1.78. The van der Waals surface area contributed by atoms with Gasteiger partial charge in [0.25, 0.3) is 5.92 Å². The zero-order chi connectivity index (χ0) is 10.6. The Morgan fingerprint density at radius 2 is 2.29 bits per heavy atom. The van der Waals surface area contributed by atoms with Crippen LogP contribution in [0.2, 0.25) is 0 Å². The maximum absolute atomic E-state index is 13.0. The molecule has 1 unspecified atom stereocenters. The van der Waals surface area contributed by atoms with Crippen LogP contribution in [0, 0.1) is 17.2 Å². The molecule has 1 heterocycles. The Morgan fingerprint density at radius 1 is 1.57 bits per heavy atom. The van der Waals surface area contributed by atoms with E-state index in [1.165, 1.54) is 0 Å². The van der Waals surface area contributed by atoms with Crippen molar-refractivity contribution in [3.8, 4) is 6.07 Å². The first kappa shape index (κ1) is 11.4. The maximum Gasteiger partial charge on any atom is 0.260 e. The van der Waals surface area contributed by atoms with Gasteiger partial charge in [-0.15, -0.1) is 0 Å². The molecule has 1 aliphatic heterocycles. The molecule has 0 aliphatic carbocycles. The molecule has 4 heteroatoms. The summed E-state index contributed by atoms with van der Waals surface area (Å²) >= 11 is 0. The minimum absolute atomic E-state index is 0.00710. The van der Waals surface area contributed by atoms with Crippen LogP contribution >= 0.6 is 0 Å². The van der Waals surface area contributed by atoms with Crippen molar-refractivity contribution in [3.05, 3.63) is 0 Å². The minimum Gasteiger partial charge on any atom is -0.296 e. The van der Waals surface area contributed by atoms with Crippen molar-refractivity contribution >= 4 is 0 Å². The SMILES string of the molecule is CCC(C#N)CN1CCCC(F)(F)C1. The first-order valence-corrected chi connectivity index (χ1v) is 5.07. The molecular formula is C10H16F2N2. The minimum atomic E-state index is -2.55. The fraction of sp³-hybridized carbons (Fsp3) is 0.900. The molecule has 0 amide bonds. The van der Waals surface area contributed by atoms with Gasteiger partial charge < -0.3 is 0 Å². The van der Waals surface area contributed by atoms with E-state index in [-0.39, 0.29) is 18.9 Å². The van der Waals surface area contributed by atoms with Gasteiger partial charge in [-0.1, -0.05) is 6.92 Å². The Hall–Kier alpha value is -0.690. The van der Waals surface area contributed by atoms with Gasteiger partial charge in [-0.3, -0.25) is 4.90 Å². The lowest BCUT2D eigenvalue weighted by Gasteiger charge is -2.33. The largest absolute Gasteiger partial charge is 0.296 e. The molecule has 1 fully saturated rings. The Balaban J connectivity index is 2.42. The van der Waals surface area contributed by atoms with E-state index in [2.05, 4.69) is 6.07 Å². The number of nitriles is 1. The predicted molar refractivity (Wildman–Crippen MR) is 50.0 cm³/mol. The van der Waals surface area contributed by atoms with E-state index in [0.717, 1.165) is 6.42 Å². The third-order valence-corrected chi connectivity index (χ3v) is 2.63. The van der Waals surface area contributed by atoms with Gasteiger partial charge >= 0.3 is 0 Å². The summed E-state index contributed by atoms with van der Waals surface area (Å²) in [6, 6.07) is 2.14. The van der Waals surface area contributed by atoms with Crippen LogP contribution in [0.3, 0.4) is 0 Å². The number of rotatable bonds is 3. The van der Waals surface area contributed by atoms with Crippen LogP contribution in [0.5, 0.6) is 0 Å². The molecule has 80 valence electrons. The number of likely N-dealkylation sites (tertiary alicyclic amines) is 1. The smallest absolute Gasteiger partial charge is 0.260 e. The van der Waals surface area contributed by atoms with Crippen molar-refractivity contribution in [1.82, 2.24) is 4.90 Å². The van der Waals surface area contributed by atoms with Crippen LogP contribution in [0.15, 0.2) is 0 Å². The van der Waals surface area contributed by atoms with Gasteiger partial charge in [-0.05, 0) is 19.4 Å². The van der Waals surface area contributed by atoms with Gasteiger partial charge in [-0.2, -0.15) is 5.26 Å². The monoisotopic (exact) mass is 202 g/mol. The first-order chi connectivity index (χ1) is 6.57. The van der Waals surface area contributed by atoms with Gasteiger partial charge in [0, 0.05) is 13.0 Å². The van der Waals surface area contributed by atoms with Crippen LogP contribution in [-0.2, 0) is 0 Å². The van der Waals surface area contributed by atoms with E-state index >= 15 is 0 Å². The highest BCUT2D eigenvalue weighted by Crippen LogP contribution is 2.26. The summed E-state index contributed by atoms with van der Waals surface area (Å²) in [5.74, 6) is -2.66. The van der Waals surface area contributed by atoms with Gasteiger partial charge in [-0.25, -0.2) is 8.78 Å². The van der Waals surface area contributed by atoms with Gasteiger partial charge in [0.15, 0.2) is 0 Å². The van der Waals surface area contributed by atoms with Crippen LogP contribution in [0.1, 0.15) is 26.2 Å². The molecular weight excluding hydrogens is 186 g/mol. The summed E-state index contributed by atoms with van der Waals surface area (Å²) in [5.41, 5.74) is 0. The van der Waals surface area contributed by atoms with Crippen molar-refractivity contribution in [2.75, 3.05) is 19.6 Å². The topological polar surface area (TPSA) is 27.0 Å². The van der Waals surface area contributed by atoms with E-state index < -0.39 is 5.92 Å². The quantitative estimate of drug-likeness (QED) is 0.702. The highest BCUT2D eigenvalue weighted by atomic mass is 19.3. The second kappa shape index (κ2) is 4.70. The predicted octanol–water partition coefficient (Wildman–Crippen LogP) is 2.27. The second-order valence-electron chi connectivity index (χ2n) is 3.93. The fourth-order valence-corrected chi connectivity index (χ4v) is 1.78. The third-order valence-electron chi connectivity index (χ3n) is 2.63. The number of piperidine rings is 1. The molecule has 1 saturated heterocycles. The van der Waals surface area contributed by atoms with Crippen molar-refractivity contribution in [1.29, 1.82) is 5.26 Å². The normalized spacial score (nSPS) is 24.1. The Morgan fingerprint density at radius 3 is 2.79 bits per heavy atom. The molecule has 0 radical (unpaired) electrons. The molecule has 0 aromatic rings. The molecule has 0 spiro atoms. The van der Waals surface area contributed by atoms with Gasteiger partial charge in [0.1, 0.15) is 0 Å². The molecule has 1 atom stereocenters. The summed E-state index contributed by atoms with van der Waals surface area (Å²) < 4.78 is 26.0. The summed E-state index contributed by atoms with van der Waals surface area (Å²) in [6.07, 6.45) is 1.26. The summed E-state index contributed by atoms with van der Waals surface area (Å²) in [4.78, 5) is 1.71. The number of hydrogen-bond donors (Lipinski definition) is 0. The van der Waals surface area contributed by atoms with Gasteiger partial charge in [0.05, 0.1) is 18.5 Å². The molecule has 0 aromatic heterocycles. The first-order valence-electron chi connectivity index (χ1n) is 5.07.